The smallest absolute Gasteiger partial charge is 0.283 e. The second kappa shape index (κ2) is 6.43. The third-order valence-corrected chi connectivity index (χ3v) is 2.95. The molecule has 0 bridgehead atoms. The van der Waals surface area contributed by atoms with E-state index in [0.717, 1.165) is 18.4 Å². The molecule has 0 atom stereocenters. The number of carbonyl (C=O) groups excluding carboxylic acids is 1. The van der Waals surface area contributed by atoms with E-state index in [1.807, 2.05) is 19.1 Å². The Labute approximate surface area is 113 Å². The fourth-order valence-electron chi connectivity index (χ4n) is 1.90. The molecule has 19 heavy (non-hydrogen) atoms. The molecule has 1 aromatic rings. The summed E-state index contributed by atoms with van der Waals surface area (Å²) in [5.74, 6) is 1.04. The Morgan fingerprint density at radius 3 is 2.89 bits per heavy atom. The van der Waals surface area contributed by atoms with Crippen LogP contribution in [0.3, 0.4) is 0 Å². The highest BCUT2D eigenvalue weighted by Gasteiger charge is 2.18. The van der Waals surface area contributed by atoms with Crippen LogP contribution >= 0.6 is 0 Å². The van der Waals surface area contributed by atoms with Gasteiger partial charge in [-0.15, -0.1) is 0 Å². The first kappa shape index (κ1) is 13.7. The average Bonchev–Trinajstić information content (AvgIpc) is 2.46. The summed E-state index contributed by atoms with van der Waals surface area (Å²) in [5, 5.41) is 1.38. The van der Waals surface area contributed by atoms with E-state index < -0.39 is 0 Å². The van der Waals surface area contributed by atoms with Crippen molar-refractivity contribution in [1.29, 1.82) is 0 Å². The zero-order chi connectivity index (χ0) is 13.7. The number of amides is 1. The third-order valence-electron chi connectivity index (χ3n) is 2.95. The number of hydroxylamine groups is 2. The van der Waals surface area contributed by atoms with Crippen LogP contribution in [0.1, 0.15) is 18.4 Å². The Kier molecular flexibility index (Phi) is 4.63. The van der Waals surface area contributed by atoms with Crippen LogP contribution in [0.25, 0.3) is 0 Å². The van der Waals surface area contributed by atoms with E-state index in [4.69, 9.17) is 14.3 Å². The van der Waals surface area contributed by atoms with E-state index in [1.165, 1.54) is 5.06 Å². The van der Waals surface area contributed by atoms with Crippen LogP contribution in [0, 0.1) is 6.92 Å². The Morgan fingerprint density at radius 2 is 2.21 bits per heavy atom. The zero-order valence-electron chi connectivity index (χ0n) is 11.3. The van der Waals surface area contributed by atoms with Gasteiger partial charge in [0.15, 0.2) is 18.1 Å². The second-order valence-corrected chi connectivity index (χ2v) is 4.48. The summed E-state index contributed by atoms with van der Waals surface area (Å²) in [7, 11) is 1.58. The predicted octanol–water partition coefficient (Wildman–Crippen LogP) is 1.94. The molecule has 0 N–H and O–H groups in total. The van der Waals surface area contributed by atoms with Gasteiger partial charge in [0.2, 0.25) is 0 Å². The summed E-state index contributed by atoms with van der Waals surface area (Å²) in [5.41, 5.74) is 1.08. The van der Waals surface area contributed by atoms with Crippen LogP contribution in [-0.2, 0) is 9.63 Å². The molecule has 1 fully saturated rings. The van der Waals surface area contributed by atoms with Crippen LogP contribution in [0.4, 0.5) is 0 Å². The van der Waals surface area contributed by atoms with Gasteiger partial charge in [-0.05, 0) is 37.5 Å². The normalized spacial score (nSPS) is 15.2. The Bertz CT molecular complexity index is 441. The molecule has 1 aliphatic heterocycles. The maximum atomic E-state index is 11.9. The maximum Gasteiger partial charge on any atom is 0.283 e. The molecule has 0 aliphatic carbocycles. The SMILES string of the molecule is COc1cc(C)ccc1OCC(=O)N1CCCCO1. The number of nitrogens with zero attached hydrogens (tertiary/aromatic N) is 1. The van der Waals surface area contributed by atoms with Crippen molar-refractivity contribution in [2.45, 2.75) is 19.8 Å². The van der Waals surface area contributed by atoms with Crippen LogP contribution in [0.5, 0.6) is 11.5 Å². The fraction of sp³-hybridized carbons (Fsp3) is 0.500. The molecular weight excluding hydrogens is 246 g/mol. The van der Waals surface area contributed by atoms with Crippen LogP contribution in [0.2, 0.25) is 0 Å². The van der Waals surface area contributed by atoms with Crippen molar-refractivity contribution in [3.63, 3.8) is 0 Å². The standard InChI is InChI=1S/C14H19NO4/c1-11-5-6-12(13(9-11)17-2)18-10-14(16)15-7-3-4-8-19-15/h5-6,9H,3-4,7-8,10H2,1-2H3. The predicted molar refractivity (Wildman–Crippen MR) is 70.1 cm³/mol. The minimum absolute atomic E-state index is 0.0422. The average molecular weight is 265 g/mol. The van der Waals surface area contributed by atoms with Gasteiger partial charge in [-0.3, -0.25) is 9.63 Å². The van der Waals surface area contributed by atoms with Gasteiger partial charge in [0, 0.05) is 6.54 Å². The highest BCUT2D eigenvalue weighted by molar-refractivity contribution is 5.76. The van der Waals surface area contributed by atoms with Gasteiger partial charge >= 0.3 is 0 Å². The summed E-state index contributed by atoms with van der Waals surface area (Å²) in [4.78, 5) is 17.1. The monoisotopic (exact) mass is 265 g/mol. The van der Waals surface area contributed by atoms with Crippen molar-refractivity contribution < 1.29 is 19.1 Å². The fourth-order valence-corrected chi connectivity index (χ4v) is 1.90. The summed E-state index contributed by atoms with van der Waals surface area (Å²) in [6, 6.07) is 5.59. The van der Waals surface area contributed by atoms with Gasteiger partial charge in [-0.1, -0.05) is 6.07 Å². The molecule has 0 spiro atoms. The summed E-state index contributed by atoms with van der Waals surface area (Å²) >= 11 is 0. The van der Waals surface area contributed by atoms with Gasteiger partial charge < -0.3 is 9.47 Å². The molecule has 1 aromatic carbocycles. The van der Waals surface area contributed by atoms with E-state index in [9.17, 15) is 4.79 Å². The van der Waals surface area contributed by atoms with Crippen molar-refractivity contribution in [2.75, 3.05) is 26.9 Å². The van der Waals surface area contributed by atoms with E-state index in [1.54, 1.807) is 13.2 Å². The molecule has 1 amide bonds. The topological polar surface area (TPSA) is 48.0 Å². The van der Waals surface area contributed by atoms with Crippen LogP contribution in [0.15, 0.2) is 18.2 Å². The highest BCUT2D eigenvalue weighted by atomic mass is 16.7. The van der Waals surface area contributed by atoms with Crippen molar-refractivity contribution in [2.24, 2.45) is 0 Å². The van der Waals surface area contributed by atoms with Gasteiger partial charge in [0.05, 0.1) is 13.7 Å². The lowest BCUT2D eigenvalue weighted by Crippen LogP contribution is -2.38. The van der Waals surface area contributed by atoms with Crippen molar-refractivity contribution >= 4 is 5.91 Å². The molecule has 0 aromatic heterocycles. The van der Waals surface area contributed by atoms with E-state index in [0.29, 0.717) is 24.7 Å². The number of rotatable bonds is 4. The molecule has 0 unspecified atom stereocenters. The molecule has 104 valence electrons. The first-order chi connectivity index (χ1) is 9.20. The molecule has 5 heteroatoms. The molecule has 1 aliphatic rings. The number of methoxy groups -OCH3 is 1. The number of aryl methyl sites for hydroxylation is 1. The first-order valence-electron chi connectivity index (χ1n) is 6.41. The largest absolute Gasteiger partial charge is 0.493 e. The zero-order valence-corrected chi connectivity index (χ0v) is 11.3. The highest BCUT2D eigenvalue weighted by Crippen LogP contribution is 2.27. The van der Waals surface area contributed by atoms with Crippen LogP contribution < -0.4 is 9.47 Å². The van der Waals surface area contributed by atoms with Crippen molar-refractivity contribution in [3.8, 4) is 11.5 Å². The molecule has 1 heterocycles. The van der Waals surface area contributed by atoms with Gasteiger partial charge in [-0.2, -0.15) is 0 Å². The second-order valence-electron chi connectivity index (χ2n) is 4.48. The van der Waals surface area contributed by atoms with E-state index >= 15 is 0 Å². The molecule has 0 radical (unpaired) electrons. The lowest BCUT2D eigenvalue weighted by Gasteiger charge is -2.25. The van der Waals surface area contributed by atoms with Gasteiger partial charge in [0.25, 0.3) is 5.91 Å². The van der Waals surface area contributed by atoms with Crippen molar-refractivity contribution in [3.05, 3.63) is 23.8 Å². The minimum Gasteiger partial charge on any atom is -0.493 e. The van der Waals surface area contributed by atoms with E-state index in [2.05, 4.69) is 0 Å². The number of hydrogen-bond acceptors (Lipinski definition) is 4. The molecular formula is C14H19NO4. The van der Waals surface area contributed by atoms with Crippen molar-refractivity contribution in [1.82, 2.24) is 5.06 Å². The number of carbonyl (C=O) groups is 1. The first-order valence-corrected chi connectivity index (χ1v) is 6.41. The quantitative estimate of drug-likeness (QED) is 0.834. The summed E-state index contributed by atoms with van der Waals surface area (Å²) in [6.45, 7) is 3.16. The molecule has 5 nitrogen and oxygen atoms in total. The van der Waals surface area contributed by atoms with Gasteiger partial charge in [-0.25, -0.2) is 5.06 Å². The molecule has 0 saturated carbocycles. The van der Waals surface area contributed by atoms with E-state index in [-0.39, 0.29) is 12.5 Å². The minimum atomic E-state index is -0.165. The number of hydrogen-bond donors (Lipinski definition) is 0. The summed E-state index contributed by atoms with van der Waals surface area (Å²) < 4.78 is 10.7. The third kappa shape index (κ3) is 3.61. The Morgan fingerprint density at radius 1 is 1.37 bits per heavy atom. The Hall–Kier alpha value is -1.75. The molecule has 2 rings (SSSR count). The summed E-state index contributed by atoms with van der Waals surface area (Å²) in [6.07, 6.45) is 1.97. The van der Waals surface area contributed by atoms with Crippen LogP contribution in [-0.4, -0.2) is 37.8 Å². The number of ether oxygens (including phenoxy) is 2. The lowest BCUT2D eigenvalue weighted by atomic mass is 10.2. The lowest BCUT2D eigenvalue weighted by molar-refractivity contribution is -0.198. The van der Waals surface area contributed by atoms with Gasteiger partial charge in [0.1, 0.15) is 0 Å². The Balaban J connectivity index is 1.92. The maximum absolute atomic E-state index is 11.9. The number of benzene rings is 1. The molecule has 1 saturated heterocycles.